The van der Waals surface area contributed by atoms with Crippen molar-refractivity contribution in [2.75, 3.05) is 19.8 Å². The van der Waals surface area contributed by atoms with Crippen molar-refractivity contribution in [1.29, 1.82) is 5.41 Å². The SMILES string of the molecule is CCOc1cc(/C=C2\C(=N)N3OC(C)=CC3=NC2=O)ccc1OCCOc1ccccc1Cl. The summed E-state index contributed by atoms with van der Waals surface area (Å²) in [5.41, 5.74) is 0.778. The number of halogens is 1. The summed E-state index contributed by atoms with van der Waals surface area (Å²) in [5, 5.41) is 10.1. The van der Waals surface area contributed by atoms with Crippen LogP contribution in [0.3, 0.4) is 0 Å². The molecule has 0 unspecified atom stereocenters. The molecule has 9 heteroatoms. The van der Waals surface area contributed by atoms with Crippen LogP contribution in [0.1, 0.15) is 19.4 Å². The number of rotatable bonds is 8. The van der Waals surface area contributed by atoms with Crippen molar-refractivity contribution >= 4 is 35.3 Å². The number of amides is 1. The molecule has 2 aliphatic heterocycles. The van der Waals surface area contributed by atoms with Crippen LogP contribution in [0.5, 0.6) is 17.2 Å². The first kappa shape index (κ1) is 22.4. The van der Waals surface area contributed by atoms with Crippen LogP contribution in [0, 0.1) is 5.41 Å². The Morgan fingerprint density at radius 1 is 1.09 bits per heavy atom. The second-order valence-corrected chi connectivity index (χ2v) is 7.50. The molecule has 0 aliphatic carbocycles. The van der Waals surface area contributed by atoms with E-state index >= 15 is 0 Å². The lowest BCUT2D eigenvalue weighted by molar-refractivity contribution is -0.114. The lowest BCUT2D eigenvalue weighted by atomic mass is 10.1. The van der Waals surface area contributed by atoms with Crippen LogP contribution in [-0.2, 0) is 9.63 Å². The topological polar surface area (TPSA) is 93.4 Å². The second-order valence-electron chi connectivity index (χ2n) is 7.09. The fourth-order valence-electron chi connectivity index (χ4n) is 3.23. The van der Waals surface area contributed by atoms with Crippen LogP contribution in [0.2, 0.25) is 5.02 Å². The molecule has 0 atom stereocenters. The van der Waals surface area contributed by atoms with Gasteiger partial charge in [-0.25, -0.2) is 0 Å². The second kappa shape index (κ2) is 9.79. The standard InChI is InChI=1S/C24H22ClN3O5/c1-3-30-21-14-16(13-17-23(26)28-22(27-24(17)29)12-15(2)33-28)8-9-20(21)32-11-10-31-19-7-5-4-6-18(19)25/h4-9,12-14,26H,3,10-11H2,1-2H3/b17-13+,26-23?. The smallest absolute Gasteiger partial charge is 0.282 e. The van der Waals surface area contributed by atoms with Crippen molar-refractivity contribution in [3.8, 4) is 17.2 Å². The Morgan fingerprint density at radius 3 is 2.61 bits per heavy atom. The number of amidine groups is 2. The van der Waals surface area contributed by atoms with Gasteiger partial charge in [-0.05, 0) is 49.8 Å². The molecule has 0 aromatic heterocycles. The minimum Gasteiger partial charge on any atom is -0.490 e. The summed E-state index contributed by atoms with van der Waals surface area (Å²) < 4.78 is 17.2. The van der Waals surface area contributed by atoms with Crippen molar-refractivity contribution in [2.24, 2.45) is 4.99 Å². The molecule has 2 heterocycles. The molecule has 8 nitrogen and oxygen atoms in total. The van der Waals surface area contributed by atoms with E-state index in [0.29, 0.717) is 52.6 Å². The highest BCUT2D eigenvalue weighted by Gasteiger charge is 2.34. The molecule has 0 fully saturated rings. The number of benzene rings is 2. The summed E-state index contributed by atoms with van der Waals surface area (Å²) in [7, 11) is 0. The number of carbonyl (C=O) groups excluding carboxylic acids is 1. The average molecular weight is 468 g/mol. The van der Waals surface area contributed by atoms with Gasteiger partial charge in [0.15, 0.2) is 23.2 Å². The Hall–Kier alpha value is -3.78. The van der Waals surface area contributed by atoms with Gasteiger partial charge >= 0.3 is 0 Å². The number of hydrogen-bond donors (Lipinski definition) is 1. The van der Waals surface area contributed by atoms with Crippen LogP contribution >= 0.6 is 11.6 Å². The van der Waals surface area contributed by atoms with Gasteiger partial charge in [-0.1, -0.05) is 29.8 Å². The Labute approximate surface area is 196 Å². The Balaban J connectivity index is 1.46. The predicted octanol–water partition coefficient (Wildman–Crippen LogP) is 4.65. The molecule has 0 saturated carbocycles. The van der Waals surface area contributed by atoms with E-state index in [1.165, 1.54) is 5.06 Å². The summed E-state index contributed by atoms with van der Waals surface area (Å²) in [5.74, 6) is 1.92. The number of para-hydroxylation sites is 1. The number of fused-ring (bicyclic) bond motifs is 1. The maximum absolute atomic E-state index is 12.5. The molecular formula is C24H22ClN3O5. The Kier molecular flexibility index (Phi) is 6.65. The number of nitrogens with one attached hydrogen (secondary N) is 1. The van der Waals surface area contributed by atoms with E-state index < -0.39 is 5.91 Å². The zero-order chi connectivity index (χ0) is 23.4. The van der Waals surface area contributed by atoms with Gasteiger partial charge in [-0.15, -0.1) is 5.06 Å². The molecule has 33 heavy (non-hydrogen) atoms. The number of carbonyl (C=O) groups is 1. The van der Waals surface area contributed by atoms with Crippen LogP contribution in [0.4, 0.5) is 0 Å². The molecule has 0 bridgehead atoms. The lowest BCUT2D eigenvalue weighted by Gasteiger charge is -2.23. The van der Waals surface area contributed by atoms with Crippen molar-refractivity contribution in [1.82, 2.24) is 5.06 Å². The normalized spacial score (nSPS) is 16.2. The molecule has 2 aromatic rings. The predicted molar refractivity (Wildman–Crippen MR) is 125 cm³/mol. The van der Waals surface area contributed by atoms with Crippen molar-refractivity contribution in [3.05, 3.63) is 70.5 Å². The molecule has 0 radical (unpaired) electrons. The average Bonchev–Trinajstić information content (AvgIpc) is 3.17. The van der Waals surface area contributed by atoms with E-state index in [4.69, 9.17) is 36.1 Å². The van der Waals surface area contributed by atoms with Crippen molar-refractivity contribution in [3.63, 3.8) is 0 Å². The molecule has 0 spiro atoms. The Morgan fingerprint density at radius 2 is 1.85 bits per heavy atom. The van der Waals surface area contributed by atoms with Gasteiger partial charge in [0.1, 0.15) is 24.7 Å². The summed E-state index contributed by atoms with van der Waals surface area (Å²) in [6, 6.07) is 12.5. The van der Waals surface area contributed by atoms with Crippen LogP contribution in [0.15, 0.2) is 64.9 Å². The molecule has 1 amide bonds. The maximum Gasteiger partial charge on any atom is 0.282 e. The first-order valence-corrected chi connectivity index (χ1v) is 10.7. The number of ether oxygens (including phenoxy) is 3. The molecule has 2 aliphatic rings. The number of hydroxylamine groups is 2. The third kappa shape index (κ3) is 5.01. The first-order chi connectivity index (χ1) is 16.0. The highest BCUT2D eigenvalue weighted by molar-refractivity contribution is 6.32. The van der Waals surface area contributed by atoms with Gasteiger partial charge in [0.2, 0.25) is 0 Å². The highest BCUT2D eigenvalue weighted by Crippen LogP contribution is 2.31. The van der Waals surface area contributed by atoms with E-state index in [9.17, 15) is 4.79 Å². The van der Waals surface area contributed by atoms with Crippen LogP contribution in [0.25, 0.3) is 6.08 Å². The summed E-state index contributed by atoms with van der Waals surface area (Å²) >= 11 is 6.09. The van der Waals surface area contributed by atoms with Crippen LogP contribution in [-0.4, -0.2) is 42.5 Å². The third-order valence-electron chi connectivity index (χ3n) is 4.69. The number of hydrogen-bond acceptors (Lipinski definition) is 6. The molecule has 1 N–H and O–H groups in total. The largest absolute Gasteiger partial charge is 0.490 e. The van der Waals surface area contributed by atoms with Crippen molar-refractivity contribution in [2.45, 2.75) is 13.8 Å². The van der Waals surface area contributed by atoms with Gasteiger partial charge < -0.3 is 19.0 Å². The van der Waals surface area contributed by atoms with E-state index in [-0.39, 0.29) is 18.0 Å². The quantitative estimate of drug-likeness (QED) is 0.448. The van der Waals surface area contributed by atoms with Crippen LogP contribution < -0.4 is 14.2 Å². The van der Waals surface area contributed by atoms with Gasteiger partial charge in [-0.2, -0.15) is 4.99 Å². The molecule has 170 valence electrons. The molecule has 4 rings (SSSR count). The summed E-state index contributed by atoms with van der Waals surface area (Å²) in [4.78, 5) is 21.9. The van der Waals surface area contributed by atoms with E-state index in [2.05, 4.69) is 4.99 Å². The molecule has 0 saturated heterocycles. The lowest BCUT2D eigenvalue weighted by Crippen LogP contribution is -2.38. The number of allylic oxidation sites excluding steroid dienone is 1. The van der Waals surface area contributed by atoms with Crippen molar-refractivity contribution < 1.29 is 23.8 Å². The van der Waals surface area contributed by atoms with Gasteiger partial charge in [-0.3, -0.25) is 10.2 Å². The summed E-state index contributed by atoms with van der Waals surface area (Å²) in [6.45, 7) is 4.61. The molecular weight excluding hydrogens is 446 g/mol. The summed E-state index contributed by atoms with van der Waals surface area (Å²) in [6.07, 6.45) is 3.19. The fraction of sp³-hybridized carbons (Fsp3) is 0.208. The fourth-order valence-corrected chi connectivity index (χ4v) is 3.42. The maximum atomic E-state index is 12.5. The minimum atomic E-state index is -0.504. The zero-order valence-electron chi connectivity index (χ0n) is 18.1. The van der Waals surface area contributed by atoms with E-state index in [0.717, 1.165) is 0 Å². The minimum absolute atomic E-state index is 0.0758. The van der Waals surface area contributed by atoms with Gasteiger partial charge in [0.25, 0.3) is 5.91 Å². The van der Waals surface area contributed by atoms with E-state index in [1.54, 1.807) is 49.4 Å². The first-order valence-electron chi connectivity index (χ1n) is 10.3. The van der Waals surface area contributed by atoms with Gasteiger partial charge in [0, 0.05) is 6.08 Å². The zero-order valence-corrected chi connectivity index (χ0v) is 18.9. The monoisotopic (exact) mass is 467 g/mol. The number of aliphatic imine (C=N–C) groups is 1. The highest BCUT2D eigenvalue weighted by atomic mass is 35.5. The van der Waals surface area contributed by atoms with E-state index in [1.807, 2.05) is 19.1 Å². The molecule has 2 aromatic carbocycles. The number of nitrogens with zero attached hydrogens (tertiary/aromatic N) is 2. The Bertz CT molecular complexity index is 1190. The van der Waals surface area contributed by atoms with Gasteiger partial charge in [0.05, 0.1) is 17.2 Å². The third-order valence-corrected chi connectivity index (χ3v) is 5.01.